The zero-order valence-corrected chi connectivity index (χ0v) is 17.2. The molecule has 2 atom stereocenters. The van der Waals surface area contributed by atoms with Gasteiger partial charge in [0.2, 0.25) is 5.91 Å². The fraction of sp³-hybridized carbons (Fsp3) is 0.545. The quantitative estimate of drug-likeness (QED) is 0.862. The van der Waals surface area contributed by atoms with Crippen molar-refractivity contribution in [2.24, 2.45) is 11.8 Å². The Hall–Kier alpha value is -2.41. The van der Waals surface area contributed by atoms with Gasteiger partial charge in [0.05, 0.1) is 6.54 Å². The fourth-order valence-corrected chi connectivity index (χ4v) is 4.66. The highest BCUT2D eigenvalue weighted by molar-refractivity contribution is 5.98. The van der Waals surface area contributed by atoms with Gasteiger partial charge in [0.15, 0.2) is 0 Å². The molecule has 2 aromatic rings. The number of amides is 2. The van der Waals surface area contributed by atoms with Crippen LogP contribution in [0.4, 0.5) is 4.39 Å². The van der Waals surface area contributed by atoms with Crippen LogP contribution in [0.15, 0.2) is 24.3 Å². The number of nitrogens with one attached hydrogen (secondary N) is 1. The zero-order valence-electron chi connectivity index (χ0n) is 17.2. The van der Waals surface area contributed by atoms with Crippen LogP contribution in [0.25, 0.3) is 10.9 Å². The Morgan fingerprint density at radius 3 is 2.41 bits per heavy atom. The molecule has 2 aliphatic heterocycles. The summed E-state index contributed by atoms with van der Waals surface area (Å²) in [6, 6.07) is 6.16. The lowest BCUT2D eigenvalue weighted by molar-refractivity contribution is -0.135. The summed E-state index contributed by atoms with van der Waals surface area (Å²) in [5, 5.41) is 0.697. The van der Waals surface area contributed by atoms with E-state index in [0.29, 0.717) is 55.6 Å². The molecular formula is C22H29FN4O2. The molecule has 0 unspecified atom stereocenters. The molecule has 0 radical (unpaired) electrons. The number of piperidine rings is 1. The number of aromatic amines is 1. The van der Waals surface area contributed by atoms with E-state index < -0.39 is 0 Å². The molecule has 1 N–H and O–H groups in total. The first-order valence-electron chi connectivity index (χ1n) is 10.5. The van der Waals surface area contributed by atoms with E-state index >= 15 is 0 Å². The number of hydrogen-bond acceptors (Lipinski definition) is 3. The third-order valence-electron chi connectivity index (χ3n) is 6.05. The van der Waals surface area contributed by atoms with Crippen LogP contribution in [0.5, 0.6) is 0 Å². The summed E-state index contributed by atoms with van der Waals surface area (Å²) >= 11 is 0. The zero-order chi connectivity index (χ0) is 20.5. The minimum Gasteiger partial charge on any atom is -0.351 e. The summed E-state index contributed by atoms with van der Waals surface area (Å²) in [7, 11) is 0. The normalized spacial score (nSPS) is 23.6. The highest BCUT2D eigenvalue weighted by Gasteiger charge is 2.28. The minimum absolute atomic E-state index is 0.0775. The van der Waals surface area contributed by atoms with Gasteiger partial charge in [-0.15, -0.1) is 0 Å². The Bertz CT molecular complexity index is 893. The fourth-order valence-electron chi connectivity index (χ4n) is 4.66. The summed E-state index contributed by atoms with van der Waals surface area (Å²) in [5.41, 5.74) is 1.23. The number of hydrogen-bond donors (Lipinski definition) is 1. The van der Waals surface area contributed by atoms with Crippen LogP contribution in [0, 0.1) is 17.7 Å². The summed E-state index contributed by atoms with van der Waals surface area (Å²) in [6.07, 6.45) is 1.19. The van der Waals surface area contributed by atoms with Crippen molar-refractivity contribution in [1.29, 1.82) is 0 Å². The Morgan fingerprint density at radius 1 is 1.03 bits per heavy atom. The van der Waals surface area contributed by atoms with Crippen LogP contribution >= 0.6 is 0 Å². The maximum atomic E-state index is 13.4. The van der Waals surface area contributed by atoms with Crippen LogP contribution < -0.4 is 0 Å². The molecule has 29 heavy (non-hydrogen) atoms. The number of aromatic nitrogens is 1. The first kappa shape index (κ1) is 19.9. The number of fused-ring (bicyclic) bond motifs is 1. The highest BCUT2D eigenvalue weighted by atomic mass is 19.1. The van der Waals surface area contributed by atoms with E-state index in [2.05, 4.69) is 23.7 Å². The van der Waals surface area contributed by atoms with Gasteiger partial charge in [-0.25, -0.2) is 4.39 Å². The van der Waals surface area contributed by atoms with Crippen molar-refractivity contribution in [3.8, 4) is 0 Å². The summed E-state index contributed by atoms with van der Waals surface area (Å²) in [4.78, 5) is 34.5. The Morgan fingerprint density at radius 2 is 1.72 bits per heavy atom. The van der Waals surface area contributed by atoms with Gasteiger partial charge in [-0.3, -0.25) is 14.5 Å². The predicted molar refractivity (Wildman–Crippen MR) is 110 cm³/mol. The lowest BCUT2D eigenvalue weighted by Gasteiger charge is -2.38. The number of carbonyl (C=O) groups is 2. The number of halogens is 1. The molecule has 156 valence electrons. The van der Waals surface area contributed by atoms with Crippen molar-refractivity contribution < 1.29 is 14.0 Å². The van der Waals surface area contributed by atoms with E-state index in [-0.39, 0.29) is 17.6 Å². The number of piperazine rings is 1. The van der Waals surface area contributed by atoms with Crippen LogP contribution in [0.2, 0.25) is 0 Å². The van der Waals surface area contributed by atoms with Gasteiger partial charge in [-0.05, 0) is 42.5 Å². The summed E-state index contributed by atoms with van der Waals surface area (Å²) in [6.45, 7) is 9.08. The van der Waals surface area contributed by atoms with Crippen molar-refractivity contribution in [1.82, 2.24) is 19.7 Å². The molecule has 2 aliphatic rings. The topological polar surface area (TPSA) is 59.7 Å². The second-order valence-corrected chi connectivity index (χ2v) is 8.73. The van der Waals surface area contributed by atoms with E-state index in [4.69, 9.17) is 0 Å². The number of likely N-dealkylation sites (tertiary alicyclic amines) is 1. The molecule has 0 aliphatic carbocycles. The Kier molecular flexibility index (Phi) is 5.58. The van der Waals surface area contributed by atoms with Gasteiger partial charge >= 0.3 is 0 Å². The molecule has 2 amide bonds. The molecule has 2 saturated heterocycles. The summed E-state index contributed by atoms with van der Waals surface area (Å²) < 4.78 is 13.4. The standard InChI is InChI=1S/C22H29FN4O2/c1-15-9-16(2)13-27(12-15)21(28)14-25-5-7-26(8-6-25)22(29)20-11-17-10-18(23)3-4-19(17)24-20/h3-4,10-11,15-16,24H,5-9,12-14H2,1-2H3/t15-,16-/m1/s1. The van der Waals surface area contributed by atoms with Gasteiger partial charge in [0.1, 0.15) is 11.5 Å². The van der Waals surface area contributed by atoms with Crippen LogP contribution in [0.3, 0.4) is 0 Å². The van der Waals surface area contributed by atoms with Crippen molar-refractivity contribution in [3.05, 3.63) is 35.8 Å². The van der Waals surface area contributed by atoms with Gasteiger partial charge in [-0.2, -0.15) is 0 Å². The number of nitrogens with zero attached hydrogens (tertiary/aromatic N) is 3. The van der Waals surface area contributed by atoms with Gasteiger partial charge < -0.3 is 14.8 Å². The molecule has 6 nitrogen and oxygen atoms in total. The number of carbonyl (C=O) groups excluding carboxylic acids is 2. The first-order valence-corrected chi connectivity index (χ1v) is 10.5. The largest absolute Gasteiger partial charge is 0.351 e. The van der Waals surface area contributed by atoms with Gasteiger partial charge in [0.25, 0.3) is 5.91 Å². The van der Waals surface area contributed by atoms with Crippen LogP contribution in [0.1, 0.15) is 30.8 Å². The van der Waals surface area contributed by atoms with E-state index in [1.807, 2.05) is 4.90 Å². The average Bonchev–Trinajstić information content (AvgIpc) is 3.10. The maximum Gasteiger partial charge on any atom is 0.270 e. The molecule has 0 bridgehead atoms. The molecule has 1 aromatic heterocycles. The number of rotatable bonds is 3. The average molecular weight is 400 g/mol. The van der Waals surface area contributed by atoms with E-state index in [1.165, 1.54) is 18.6 Å². The molecule has 2 fully saturated rings. The molecule has 4 rings (SSSR count). The van der Waals surface area contributed by atoms with Crippen LogP contribution in [-0.4, -0.2) is 77.3 Å². The van der Waals surface area contributed by atoms with Crippen molar-refractivity contribution in [3.63, 3.8) is 0 Å². The smallest absolute Gasteiger partial charge is 0.270 e. The van der Waals surface area contributed by atoms with Crippen molar-refractivity contribution in [2.45, 2.75) is 20.3 Å². The summed E-state index contributed by atoms with van der Waals surface area (Å²) in [5.74, 6) is 0.919. The SMILES string of the molecule is C[C@@H]1C[C@@H](C)CN(C(=O)CN2CCN(C(=O)c3cc4cc(F)ccc4[nH]3)CC2)C1. The third-order valence-corrected chi connectivity index (χ3v) is 6.05. The number of H-pyrrole nitrogens is 1. The van der Waals surface area contributed by atoms with Crippen LogP contribution in [-0.2, 0) is 4.79 Å². The van der Waals surface area contributed by atoms with Crippen molar-refractivity contribution >= 4 is 22.7 Å². The van der Waals surface area contributed by atoms with Gasteiger partial charge in [-0.1, -0.05) is 13.8 Å². The van der Waals surface area contributed by atoms with E-state index in [1.54, 1.807) is 17.0 Å². The minimum atomic E-state index is -0.314. The molecular weight excluding hydrogens is 371 g/mol. The molecule has 0 spiro atoms. The van der Waals surface area contributed by atoms with Crippen molar-refractivity contribution in [2.75, 3.05) is 45.8 Å². The van der Waals surface area contributed by atoms with E-state index in [9.17, 15) is 14.0 Å². The molecule has 0 saturated carbocycles. The van der Waals surface area contributed by atoms with E-state index in [0.717, 1.165) is 18.6 Å². The first-order chi connectivity index (χ1) is 13.9. The molecule has 3 heterocycles. The Balaban J connectivity index is 1.31. The Labute approximate surface area is 170 Å². The maximum absolute atomic E-state index is 13.4. The molecule has 1 aromatic carbocycles. The second kappa shape index (κ2) is 8.14. The lowest BCUT2D eigenvalue weighted by atomic mass is 9.92. The van der Waals surface area contributed by atoms with Gasteiger partial charge in [0, 0.05) is 50.2 Å². The molecule has 7 heteroatoms. The monoisotopic (exact) mass is 400 g/mol. The lowest BCUT2D eigenvalue weighted by Crippen LogP contribution is -2.53. The number of benzene rings is 1. The second-order valence-electron chi connectivity index (χ2n) is 8.73. The predicted octanol–water partition coefficient (Wildman–Crippen LogP) is 2.57. The highest BCUT2D eigenvalue weighted by Crippen LogP contribution is 2.21. The third kappa shape index (κ3) is 4.45.